The molecule has 1 N–H and O–H groups in total. The fourth-order valence-corrected chi connectivity index (χ4v) is 1.35. The van der Waals surface area contributed by atoms with Crippen molar-refractivity contribution in [2.45, 2.75) is 6.61 Å². The van der Waals surface area contributed by atoms with Gasteiger partial charge in [-0.2, -0.15) is 5.10 Å². The maximum atomic E-state index is 9.02. The normalized spacial score (nSPS) is 10.0. The van der Waals surface area contributed by atoms with Crippen molar-refractivity contribution in [1.29, 1.82) is 0 Å². The Hall–Kier alpha value is -2.14. The van der Waals surface area contributed by atoms with Crippen molar-refractivity contribution in [3.63, 3.8) is 0 Å². The number of ether oxygens (including phenoxy) is 2. The van der Waals surface area contributed by atoms with E-state index in [9.17, 15) is 0 Å². The molecule has 0 aliphatic carbocycles. The molecule has 2 rings (SSSR count). The van der Waals surface area contributed by atoms with E-state index in [0.29, 0.717) is 17.4 Å². The summed E-state index contributed by atoms with van der Waals surface area (Å²) in [5, 5.41) is 16.5. The van der Waals surface area contributed by atoms with Crippen molar-refractivity contribution in [1.82, 2.24) is 10.2 Å². The van der Waals surface area contributed by atoms with Gasteiger partial charge in [0.1, 0.15) is 0 Å². The van der Waals surface area contributed by atoms with Crippen molar-refractivity contribution >= 4 is 0 Å². The molecule has 0 saturated heterocycles. The van der Waals surface area contributed by atoms with Gasteiger partial charge < -0.3 is 14.6 Å². The van der Waals surface area contributed by atoms with Gasteiger partial charge in [0, 0.05) is 12.3 Å². The number of nitrogens with zero attached hydrogens (tertiary/aromatic N) is 2. The second kappa shape index (κ2) is 5.27. The molecule has 5 nitrogen and oxygen atoms in total. The number of aliphatic hydroxyl groups excluding tert-OH is 1. The first-order valence-electron chi connectivity index (χ1n) is 5.07. The van der Waals surface area contributed by atoms with E-state index in [-0.39, 0.29) is 6.61 Å². The van der Waals surface area contributed by atoms with E-state index in [2.05, 4.69) is 10.2 Å². The van der Waals surface area contributed by atoms with Crippen molar-refractivity contribution in [3.8, 4) is 17.4 Å². The van der Waals surface area contributed by atoms with Crippen LogP contribution in [0.1, 0.15) is 5.56 Å². The van der Waals surface area contributed by atoms with Gasteiger partial charge in [0.05, 0.1) is 13.7 Å². The van der Waals surface area contributed by atoms with E-state index in [1.165, 1.54) is 0 Å². The van der Waals surface area contributed by atoms with Crippen LogP contribution in [0.4, 0.5) is 0 Å². The van der Waals surface area contributed by atoms with E-state index >= 15 is 0 Å². The average molecular weight is 232 g/mol. The number of hydrogen-bond donors (Lipinski definition) is 1. The third kappa shape index (κ3) is 2.70. The van der Waals surface area contributed by atoms with Crippen LogP contribution < -0.4 is 9.47 Å². The molecule has 1 aromatic carbocycles. The van der Waals surface area contributed by atoms with E-state index in [1.54, 1.807) is 43.6 Å². The summed E-state index contributed by atoms with van der Waals surface area (Å²) >= 11 is 0. The van der Waals surface area contributed by atoms with Crippen LogP contribution >= 0.6 is 0 Å². The largest absolute Gasteiger partial charge is 0.493 e. The number of benzene rings is 1. The molecule has 0 aliphatic heterocycles. The Morgan fingerprint density at radius 3 is 2.76 bits per heavy atom. The van der Waals surface area contributed by atoms with Gasteiger partial charge in [-0.3, -0.25) is 0 Å². The first kappa shape index (κ1) is 11.3. The van der Waals surface area contributed by atoms with E-state index in [0.717, 1.165) is 5.56 Å². The first-order chi connectivity index (χ1) is 8.33. The highest BCUT2D eigenvalue weighted by molar-refractivity contribution is 5.44. The molecular weight excluding hydrogens is 220 g/mol. The summed E-state index contributed by atoms with van der Waals surface area (Å²) in [7, 11) is 1.54. The summed E-state index contributed by atoms with van der Waals surface area (Å²) in [5.74, 6) is 1.47. The summed E-state index contributed by atoms with van der Waals surface area (Å²) < 4.78 is 10.7. The molecule has 17 heavy (non-hydrogen) atoms. The lowest BCUT2D eigenvalue weighted by molar-refractivity contribution is 0.280. The van der Waals surface area contributed by atoms with Gasteiger partial charge in [0.25, 0.3) is 0 Å². The van der Waals surface area contributed by atoms with Crippen LogP contribution in [0.3, 0.4) is 0 Å². The van der Waals surface area contributed by atoms with E-state index in [4.69, 9.17) is 14.6 Å². The number of hydrogen-bond acceptors (Lipinski definition) is 5. The predicted molar refractivity (Wildman–Crippen MR) is 61.0 cm³/mol. The minimum Gasteiger partial charge on any atom is -0.493 e. The van der Waals surface area contributed by atoms with Crippen LogP contribution in [0.15, 0.2) is 36.5 Å². The Labute approximate surface area is 98.6 Å². The van der Waals surface area contributed by atoms with E-state index < -0.39 is 0 Å². The lowest BCUT2D eigenvalue weighted by Crippen LogP contribution is -1.94. The second-order valence-electron chi connectivity index (χ2n) is 3.31. The number of methoxy groups -OCH3 is 1. The number of aliphatic hydroxyl groups is 1. The summed E-state index contributed by atoms with van der Waals surface area (Å²) in [6, 6.07) is 8.63. The topological polar surface area (TPSA) is 64.5 Å². The molecule has 88 valence electrons. The molecule has 0 amide bonds. The van der Waals surface area contributed by atoms with Crippen LogP contribution in [-0.4, -0.2) is 22.4 Å². The van der Waals surface area contributed by atoms with Crippen LogP contribution in [0, 0.1) is 0 Å². The van der Waals surface area contributed by atoms with Crippen LogP contribution in [-0.2, 0) is 6.61 Å². The van der Waals surface area contributed by atoms with E-state index in [1.807, 2.05) is 0 Å². The average Bonchev–Trinajstić information content (AvgIpc) is 2.40. The quantitative estimate of drug-likeness (QED) is 0.870. The van der Waals surface area contributed by atoms with Gasteiger partial charge in [-0.15, -0.1) is 5.10 Å². The van der Waals surface area contributed by atoms with Crippen molar-refractivity contribution in [3.05, 3.63) is 42.1 Å². The Morgan fingerprint density at radius 2 is 2.12 bits per heavy atom. The van der Waals surface area contributed by atoms with Gasteiger partial charge in [0.2, 0.25) is 5.88 Å². The lowest BCUT2D eigenvalue weighted by atomic mass is 10.2. The lowest BCUT2D eigenvalue weighted by Gasteiger charge is -2.10. The maximum Gasteiger partial charge on any atom is 0.239 e. The minimum absolute atomic E-state index is 0.0399. The summed E-state index contributed by atoms with van der Waals surface area (Å²) in [4.78, 5) is 0. The molecule has 0 aliphatic rings. The fourth-order valence-electron chi connectivity index (χ4n) is 1.35. The molecule has 0 atom stereocenters. The smallest absolute Gasteiger partial charge is 0.239 e. The Morgan fingerprint density at radius 1 is 1.24 bits per heavy atom. The third-order valence-electron chi connectivity index (χ3n) is 2.17. The number of rotatable bonds is 4. The molecule has 0 unspecified atom stereocenters. The van der Waals surface area contributed by atoms with Crippen LogP contribution in [0.5, 0.6) is 17.4 Å². The van der Waals surface area contributed by atoms with Gasteiger partial charge in [-0.1, -0.05) is 6.07 Å². The molecule has 1 aromatic heterocycles. The van der Waals surface area contributed by atoms with Crippen LogP contribution in [0.2, 0.25) is 0 Å². The highest BCUT2D eigenvalue weighted by Crippen LogP contribution is 2.31. The zero-order valence-electron chi connectivity index (χ0n) is 9.33. The zero-order chi connectivity index (χ0) is 12.1. The fraction of sp³-hybridized carbons (Fsp3) is 0.167. The summed E-state index contributed by atoms with van der Waals surface area (Å²) in [6.45, 7) is -0.0399. The Balaban J connectivity index is 2.26. The summed E-state index contributed by atoms with van der Waals surface area (Å²) in [6.07, 6.45) is 1.57. The predicted octanol–water partition coefficient (Wildman–Crippen LogP) is 1.77. The van der Waals surface area contributed by atoms with Crippen LogP contribution in [0.25, 0.3) is 0 Å². The highest BCUT2D eigenvalue weighted by atomic mass is 16.5. The summed E-state index contributed by atoms with van der Waals surface area (Å²) in [5.41, 5.74) is 0.758. The number of aromatic nitrogens is 2. The third-order valence-corrected chi connectivity index (χ3v) is 2.17. The standard InChI is InChI=1S/C12H12N2O3/c1-16-11-7-9(8-15)4-5-10(11)17-12-3-2-6-13-14-12/h2-7,15H,8H2,1H3. The minimum atomic E-state index is -0.0399. The molecule has 5 heteroatoms. The molecule has 1 heterocycles. The highest BCUT2D eigenvalue weighted by Gasteiger charge is 2.07. The molecule has 0 saturated carbocycles. The molecule has 0 spiro atoms. The van der Waals surface area contributed by atoms with Gasteiger partial charge in [-0.25, -0.2) is 0 Å². The zero-order valence-corrected chi connectivity index (χ0v) is 9.33. The molecular formula is C12H12N2O3. The second-order valence-corrected chi connectivity index (χ2v) is 3.31. The van der Waals surface area contributed by atoms with Gasteiger partial charge >= 0.3 is 0 Å². The SMILES string of the molecule is COc1cc(CO)ccc1Oc1cccnn1. The molecule has 2 aromatic rings. The molecule has 0 fully saturated rings. The van der Waals surface area contributed by atoms with Crippen molar-refractivity contribution < 1.29 is 14.6 Å². The van der Waals surface area contributed by atoms with Crippen molar-refractivity contribution in [2.24, 2.45) is 0 Å². The van der Waals surface area contributed by atoms with Gasteiger partial charge in [-0.05, 0) is 23.8 Å². The Kier molecular flexibility index (Phi) is 3.52. The first-order valence-corrected chi connectivity index (χ1v) is 5.07. The maximum absolute atomic E-state index is 9.02. The van der Waals surface area contributed by atoms with Crippen molar-refractivity contribution in [2.75, 3.05) is 7.11 Å². The molecule has 0 bridgehead atoms. The Bertz CT molecular complexity index is 488. The monoisotopic (exact) mass is 232 g/mol. The van der Waals surface area contributed by atoms with Gasteiger partial charge in [0.15, 0.2) is 11.5 Å². The molecule has 0 radical (unpaired) electrons.